The molecule has 1 heterocycles. The molecular weight excluding hydrogens is 434 g/mol. The fourth-order valence-corrected chi connectivity index (χ4v) is 2.93. The van der Waals surface area contributed by atoms with Gasteiger partial charge in [-0.15, -0.1) is 5.48 Å². The molecule has 180 valence electrons. The van der Waals surface area contributed by atoms with Crippen LogP contribution in [-0.2, 0) is 19.2 Å². The van der Waals surface area contributed by atoms with E-state index in [1.807, 2.05) is 0 Å². The molecule has 4 atom stereocenters. The van der Waals surface area contributed by atoms with Crippen LogP contribution < -0.4 is 10.2 Å². The number of aliphatic hydroxyl groups excluding tert-OH is 2. The van der Waals surface area contributed by atoms with Crippen LogP contribution in [-0.4, -0.2) is 64.5 Å². The maximum Gasteiger partial charge on any atom is 0.342 e. The summed E-state index contributed by atoms with van der Waals surface area (Å²) in [6.07, 6.45) is 1.74. The van der Waals surface area contributed by atoms with E-state index in [-0.39, 0.29) is 42.2 Å². The van der Waals surface area contributed by atoms with E-state index in [4.69, 9.17) is 9.47 Å². The number of nitrogens with one attached hydrogen (secondary N) is 1. The van der Waals surface area contributed by atoms with E-state index in [1.54, 1.807) is 13.8 Å². The zero-order chi connectivity index (χ0) is 24.5. The summed E-state index contributed by atoms with van der Waals surface area (Å²) in [5.74, 6) is -2.48. The van der Waals surface area contributed by atoms with Crippen molar-refractivity contribution in [3.05, 3.63) is 41.5 Å². The number of esters is 1. The Morgan fingerprint density at radius 1 is 1.21 bits per heavy atom. The molecule has 0 aromatic heterocycles. The summed E-state index contributed by atoms with van der Waals surface area (Å²) in [5.41, 5.74) is 2.47. The van der Waals surface area contributed by atoms with Gasteiger partial charge >= 0.3 is 11.9 Å². The van der Waals surface area contributed by atoms with Gasteiger partial charge in [-0.3, -0.25) is 9.59 Å². The number of ether oxygens (including phenoxy) is 2. The molecule has 0 saturated carbocycles. The first-order valence-electron chi connectivity index (χ1n) is 10.5. The first-order valence-corrected chi connectivity index (χ1v) is 10.5. The van der Waals surface area contributed by atoms with Crippen LogP contribution in [0.3, 0.4) is 0 Å². The van der Waals surface area contributed by atoms with Gasteiger partial charge < -0.3 is 29.6 Å². The minimum atomic E-state index is -1.62. The lowest BCUT2D eigenvalue weighted by atomic mass is 9.99. The molecule has 0 radical (unpaired) electrons. The second-order valence-electron chi connectivity index (χ2n) is 7.59. The maximum atomic E-state index is 12.9. The molecule has 0 bridgehead atoms. The lowest BCUT2D eigenvalue weighted by molar-refractivity contribution is -0.148. The Kier molecular flexibility index (Phi) is 9.58. The van der Waals surface area contributed by atoms with Crippen molar-refractivity contribution in [1.29, 1.82) is 0 Å². The van der Waals surface area contributed by atoms with Crippen molar-refractivity contribution in [2.75, 3.05) is 13.2 Å². The molecule has 0 aliphatic carbocycles. The number of phenols is 1. The van der Waals surface area contributed by atoms with Crippen LogP contribution in [0.15, 0.2) is 30.4 Å². The smallest absolute Gasteiger partial charge is 0.342 e. The Morgan fingerprint density at radius 2 is 1.94 bits per heavy atom. The molecule has 0 fully saturated rings. The van der Waals surface area contributed by atoms with Gasteiger partial charge in [0.05, 0.1) is 12.6 Å². The molecule has 0 saturated heterocycles. The summed E-state index contributed by atoms with van der Waals surface area (Å²) in [7, 11) is 0. The molecule has 1 aromatic carbocycles. The Morgan fingerprint density at radius 3 is 2.64 bits per heavy atom. The highest BCUT2D eigenvalue weighted by Gasteiger charge is 2.26. The molecule has 0 amide bonds. The molecule has 33 heavy (non-hydrogen) atoms. The highest BCUT2D eigenvalue weighted by molar-refractivity contribution is 5.98. The van der Waals surface area contributed by atoms with E-state index < -0.39 is 42.0 Å². The largest absolute Gasteiger partial charge is 0.507 e. The van der Waals surface area contributed by atoms with Crippen molar-refractivity contribution >= 4 is 23.8 Å². The van der Waals surface area contributed by atoms with E-state index in [0.29, 0.717) is 0 Å². The third-order valence-corrected chi connectivity index (χ3v) is 4.98. The lowest BCUT2D eigenvalue weighted by Crippen LogP contribution is -2.32. The second-order valence-corrected chi connectivity index (χ2v) is 7.59. The van der Waals surface area contributed by atoms with Crippen molar-refractivity contribution in [2.45, 2.75) is 45.5 Å². The normalized spacial score (nSPS) is 25.8. The summed E-state index contributed by atoms with van der Waals surface area (Å²) < 4.78 is 11.2. The van der Waals surface area contributed by atoms with Gasteiger partial charge in [-0.25, -0.2) is 4.79 Å². The number of phenolic OH excluding ortho intramolecular Hbond substituents is 1. The zero-order valence-corrected chi connectivity index (χ0v) is 18.7. The Labute approximate surface area is 191 Å². The van der Waals surface area contributed by atoms with Crippen LogP contribution in [0.2, 0.25) is 0 Å². The fraction of sp³-hybridized carbons (Fsp3) is 0.435. The summed E-state index contributed by atoms with van der Waals surface area (Å²) in [6, 6.07) is 2.74. The third kappa shape index (κ3) is 7.41. The lowest BCUT2D eigenvalue weighted by Gasteiger charge is -2.21. The first kappa shape index (κ1) is 26.0. The zero-order valence-electron chi connectivity index (χ0n) is 18.7. The molecule has 1 aliphatic heterocycles. The van der Waals surface area contributed by atoms with Crippen LogP contribution in [0.1, 0.15) is 43.1 Å². The van der Waals surface area contributed by atoms with E-state index in [9.17, 15) is 29.7 Å². The number of hydroxylamine groups is 1. The minimum absolute atomic E-state index is 0.0570. The average Bonchev–Trinajstić information content (AvgIpc) is 2.76. The van der Waals surface area contributed by atoms with Gasteiger partial charge in [0, 0.05) is 18.4 Å². The van der Waals surface area contributed by atoms with E-state index in [1.165, 1.54) is 37.3 Å². The Bertz CT molecular complexity index is 925. The molecule has 0 unspecified atom stereocenters. The number of hydrogen-bond acceptors (Lipinski definition) is 10. The van der Waals surface area contributed by atoms with Gasteiger partial charge in [-0.2, -0.15) is 0 Å². The number of carbonyl (C=O) groups is 3. The number of cyclic esters (lactones) is 1. The van der Waals surface area contributed by atoms with Crippen molar-refractivity contribution in [1.82, 2.24) is 5.48 Å². The van der Waals surface area contributed by atoms with Crippen LogP contribution in [0.5, 0.6) is 11.5 Å². The van der Waals surface area contributed by atoms with E-state index in [2.05, 4.69) is 10.3 Å². The number of fused-ring (bicyclic) bond motifs is 1. The molecule has 2 rings (SSSR count). The molecular formula is C23H29NO9. The average molecular weight is 463 g/mol. The van der Waals surface area contributed by atoms with Crippen LogP contribution >= 0.6 is 0 Å². The number of rotatable bonds is 5. The number of benzene rings is 1. The second kappa shape index (κ2) is 12.1. The topological polar surface area (TPSA) is 152 Å². The van der Waals surface area contributed by atoms with Gasteiger partial charge in [-0.05, 0) is 31.6 Å². The standard InChI is InChI=1S/C23H29NO9/c1-13-7-8-19(28)22(29)18(27)6-4-5-16-20(31-12-11-24-33-15(3)25)10-9-17(26)21(16)23(30)32-14(13)2/h4-5,7-10,13-14,18,22,24,26-27,29H,6,11-12H2,1-3H3/b5-4+,8-7-/t13-,14+,18+,22+/m1/s1. The fourth-order valence-electron chi connectivity index (χ4n) is 2.93. The number of aliphatic hydroxyl groups is 2. The number of hydrogen-bond donors (Lipinski definition) is 4. The van der Waals surface area contributed by atoms with Crippen molar-refractivity contribution in [2.24, 2.45) is 5.92 Å². The van der Waals surface area contributed by atoms with Gasteiger partial charge in [0.1, 0.15) is 35.9 Å². The van der Waals surface area contributed by atoms with Crippen molar-refractivity contribution in [3.63, 3.8) is 0 Å². The Hall–Kier alpha value is -3.21. The first-order chi connectivity index (χ1) is 15.6. The predicted molar refractivity (Wildman–Crippen MR) is 117 cm³/mol. The SMILES string of the molecule is CC(=O)ONCCOc1ccc(O)c2c1/C=C/C[C@H](O)[C@H](O)C(=O)/C=C\[C@@H](C)[C@H](C)OC2=O. The van der Waals surface area contributed by atoms with Crippen molar-refractivity contribution in [3.8, 4) is 11.5 Å². The molecule has 10 heteroatoms. The summed E-state index contributed by atoms with van der Waals surface area (Å²) in [6.45, 7) is 4.79. The number of aromatic hydroxyl groups is 1. The highest BCUT2D eigenvalue weighted by Crippen LogP contribution is 2.33. The van der Waals surface area contributed by atoms with Gasteiger partial charge in [-0.1, -0.05) is 25.2 Å². The minimum Gasteiger partial charge on any atom is -0.507 e. The molecule has 4 N–H and O–H groups in total. The van der Waals surface area contributed by atoms with E-state index in [0.717, 1.165) is 6.08 Å². The number of carbonyl (C=O) groups excluding carboxylic acids is 3. The van der Waals surface area contributed by atoms with Crippen LogP contribution in [0, 0.1) is 5.92 Å². The monoisotopic (exact) mass is 463 g/mol. The summed E-state index contributed by atoms with van der Waals surface area (Å²) in [4.78, 5) is 40.4. The molecule has 0 spiro atoms. The van der Waals surface area contributed by atoms with Crippen molar-refractivity contribution < 1.29 is 44.0 Å². The van der Waals surface area contributed by atoms with Gasteiger partial charge in [0.15, 0.2) is 5.78 Å². The van der Waals surface area contributed by atoms with Crippen LogP contribution in [0.25, 0.3) is 6.08 Å². The van der Waals surface area contributed by atoms with Crippen LogP contribution in [0.4, 0.5) is 0 Å². The molecule has 1 aliphatic rings. The third-order valence-electron chi connectivity index (χ3n) is 4.98. The quantitative estimate of drug-likeness (QED) is 0.285. The Balaban J connectivity index is 2.39. The van der Waals surface area contributed by atoms with E-state index >= 15 is 0 Å². The van der Waals surface area contributed by atoms with Gasteiger partial charge in [0.2, 0.25) is 0 Å². The number of ketones is 1. The summed E-state index contributed by atoms with van der Waals surface area (Å²) in [5, 5.41) is 30.6. The molecule has 10 nitrogen and oxygen atoms in total. The summed E-state index contributed by atoms with van der Waals surface area (Å²) >= 11 is 0. The van der Waals surface area contributed by atoms with Gasteiger partial charge in [0.25, 0.3) is 0 Å². The predicted octanol–water partition coefficient (Wildman–Crippen LogP) is 1.28. The molecule has 1 aromatic rings. The maximum absolute atomic E-state index is 12.9. The highest BCUT2D eigenvalue weighted by atomic mass is 16.7.